The highest BCUT2D eigenvalue weighted by molar-refractivity contribution is 7.92. The lowest BCUT2D eigenvalue weighted by Gasteiger charge is -2.29. The van der Waals surface area contributed by atoms with Crippen molar-refractivity contribution < 1.29 is 26.4 Å². The SMILES string of the molecule is Cc1ccc(NC(=O)C(C)N(c2cccc(C(F)(F)F)c2)S(C)(=O)=O)c(C)c1. The lowest BCUT2D eigenvalue weighted by atomic mass is 10.1. The predicted molar refractivity (Wildman–Crippen MR) is 103 cm³/mol. The molecule has 9 heteroatoms. The maximum Gasteiger partial charge on any atom is 0.416 e. The molecule has 0 aliphatic carbocycles. The normalized spacial score (nSPS) is 13.1. The molecule has 152 valence electrons. The summed E-state index contributed by atoms with van der Waals surface area (Å²) in [5, 5.41) is 2.64. The molecule has 0 spiro atoms. The molecular weight excluding hydrogens is 393 g/mol. The number of hydrogen-bond donors (Lipinski definition) is 1. The third-order valence-corrected chi connectivity index (χ3v) is 5.40. The van der Waals surface area contributed by atoms with Gasteiger partial charge in [-0.15, -0.1) is 0 Å². The standard InChI is InChI=1S/C19H21F3N2O3S/c1-12-8-9-17(13(2)10-12)23-18(25)14(3)24(28(4,26)27)16-7-5-6-15(11-16)19(20,21)22/h5-11,14H,1-4H3,(H,23,25). The van der Waals surface area contributed by atoms with Crippen molar-refractivity contribution in [3.8, 4) is 0 Å². The van der Waals surface area contributed by atoms with Gasteiger partial charge >= 0.3 is 6.18 Å². The van der Waals surface area contributed by atoms with E-state index in [4.69, 9.17) is 0 Å². The Kier molecular flexibility index (Phi) is 6.08. The first kappa shape index (κ1) is 21.7. The molecule has 0 fully saturated rings. The summed E-state index contributed by atoms with van der Waals surface area (Å²) in [6, 6.07) is 7.92. The van der Waals surface area contributed by atoms with Crippen molar-refractivity contribution in [2.75, 3.05) is 15.9 Å². The molecule has 0 aliphatic heterocycles. The van der Waals surface area contributed by atoms with Gasteiger partial charge in [-0.05, 0) is 50.6 Å². The van der Waals surface area contributed by atoms with Gasteiger partial charge in [0.05, 0.1) is 17.5 Å². The third-order valence-electron chi connectivity index (χ3n) is 4.16. The Hall–Kier alpha value is -2.55. The van der Waals surface area contributed by atoms with E-state index >= 15 is 0 Å². The highest BCUT2D eigenvalue weighted by atomic mass is 32.2. The molecule has 28 heavy (non-hydrogen) atoms. The number of anilines is 2. The van der Waals surface area contributed by atoms with E-state index in [0.717, 1.165) is 29.5 Å². The lowest BCUT2D eigenvalue weighted by molar-refractivity contribution is -0.137. The number of nitrogens with one attached hydrogen (secondary N) is 1. The summed E-state index contributed by atoms with van der Waals surface area (Å²) in [5.41, 5.74) is 1.04. The number of rotatable bonds is 5. The van der Waals surface area contributed by atoms with Gasteiger partial charge in [0, 0.05) is 5.69 Å². The number of aryl methyl sites for hydroxylation is 2. The molecule has 1 amide bonds. The van der Waals surface area contributed by atoms with Crippen LogP contribution in [0.2, 0.25) is 0 Å². The van der Waals surface area contributed by atoms with Crippen molar-refractivity contribution in [2.45, 2.75) is 33.0 Å². The number of nitrogens with zero attached hydrogens (tertiary/aromatic N) is 1. The van der Waals surface area contributed by atoms with Crippen LogP contribution in [0.1, 0.15) is 23.6 Å². The fraction of sp³-hybridized carbons (Fsp3) is 0.316. The molecule has 2 rings (SSSR count). The second-order valence-electron chi connectivity index (χ2n) is 6.59. The van der Waals surface area contributed by atoms with Crippen LogP contribution in [0.15, 0.2) is 42.5 Å². The third kappa shape index (κ3) is 5.03. The summed E-state index contributed by atoms with van der Waals surface area (Å²) < 4.78 is 64.2. The molecule has 2 aromatic carbocycles. The van der Waals surface area contributed by atoms with Crippen LogP contribution in [0.5, 0.6) is 0 Å². The number of alkyl halides is 3. The summed E-state index contributed by atoms with van der Waals surface area (Å²) in [4.78, 5) is 12.7. The summed E-state index contributed by atoms with van der Waals surface area (Å²) in [6.07, 6.45) is -3.79. The predicted octanol–water partition coefficient (Wildman–Crippen LogP) is 4.12. The van der Waals surface area contributed by atoms with Crippen LogP contribution in [0, 0.1) is 13.8 Å². The number of carbonyl (C=O) groups excluding carboxylic acids is 1. The van der Waals surface area contributed by atoms with E-state index in [-0.39, 0.29) is 5.69 Å². The first-order valence-electron chi connectivity index (χ1n) is 8.35. The number of hydrogen-bond acceptors (Lipinski definition) is 3. The Bertz CT molecular complexity index is 988. The zero-order chi connectivity index (χ0) is 21.3. The molecule has 0 bridgehead atoms. The van der Waals surface area contributed by atoms with Crippen molar-refractivity contribution in [3.05, 3.63) is 59.2 Å². The van der Waals surface area contributed by atoms with Crippen LogP contribution in [0.4, 0.5) is 24.5 Å². The van der Waals surface area contributed by atoms with Gasteiger partial charge in [0.25, 0.3) is 0 Å². The second kappa shape index (κ2) is 7.83. The molecule has 0 saturated heterocycles. The number of benzene rings is 2. The number of sulfonamides is 1. The van der Waals surface area contributed by atoms with Crippen LogP contribution in [-0.4, -0.2) is 26.6 Å². The van der Waals surface area contributed by atoms with Crippen LogP contribution in [0.3, 0.4) is 0 Å². The maximum absolute atomic E-state index is 13.0. The summed E-state index contributed by atoms with van der Waals surface area (Å²) >= 11 is 0. The molecule has 0 aromatic heterocycles. The second-order valence-corrected chi connectivity index (χ2v) is 8.45. The molecule has 1 unspecified atom stereocenters. The molecule has 0 saturated carbocycles. The minimum atomic E-state index is -4.64. The van der Waals surface area contributed by atoms with Crippen LogP contribution >= 0.6 is 0 Å². The van der Waals surface area contributed by atoms with Crippen LogP contribution < -0.4 is 9.62 Å². The molecule has 1 N–H and O–H groups in total. The molecular formula is C19H21F3N2O3S. The van der Waals surface area contributed by atoms with Gasteiger partial charge in [-0.2, -0.15) is 13.2 Å². The van der Waals surface area contributed by atoms with Crippen molar-refractivity contribution >= 4 is 27.3 Å². The van der Waals surface area contributed by atoms with Crippen molar-refractivity contribution in [1.82, 2.24) is 0 Å². The Morgan fingerprint density at radius 1 is 1.11 bits per heavy atom. The maximum atomic E-state index is 13.0. The van der Waals surface area contributed by atoms with Gasteiger partial charge in [-0.1, -0.05) is 23.8 Å². The minimum absolute atomic E-state index is 0.236. The van der Waals surface area contributed by atoms with E-state index < -0.39 is 33.7 Å². The van der Waals surface area contributed by atoms with Gasteiger partial charge in [-0.25, -0.2) is 8.42 Å². The van der Waals surface area contributed by atoms with Crippen LogP contribution in [0.25, 0.3) is 0 Å². The summed E-state index contributed by atoms with van der Waals surface area (Å²) in [7, 11) is -4.03. The van der Waals surface area contributed by atoms with E-state index in [1.807, 2.05) is 13.0 Å². The smallest absolute Gasteiger partial charge is 0.324 e. The van der Waals surface area contributed by atoms with Crippen molar-refractivity contribution in [2.24, 2.45) is 0 Å². The van der Waals surface area contributed by atoms with Gasteiger partial charge in [0.1, 0.15) is 6.04 Å². The highest BCUT2D eigenvalue weighted by Crippen LogP contribution is 2.33. The topological polar surface area (TPSA) is 66.5 Å². The van der Waals surface area contributed by atoms with E-state index in [1.165, 1.54) is 13.0 Å². The number of amides is 1. The number of halogens is 3. The molecule has 5 nitrogen and oxygen atoms in total. The fourth-order valence-corrected chi connectivity index (χ4v) is 3.99. The first-order valence-corrected chi connectivity index (χ1v) is 10.2. The van der Waals surface area contributed by atoms with Gasteiger partial charge < -0.3 is 5.32 Å². The van der Waals surface area contributed by atoms with Gasteiger partial charge in [-0.3, -0.25) is 9.10 Å². The Morgan fingerprint density at radius 2 is 1.75 bits per heavy atom. The van der Waals surface area contributed by atoms with Crippen molar-refractivity contribution in [1.29, 1.82) is 0 Å². The van der Waals surface area contributed by atoms with Crippen molar-refractivity contribution in [3.63, 3.8) is 0 Å². The van der Waals surface area contributed by atoms with E-state index in [2.05, 4.69) is 5.32 Å². The first-order chi connectivity index (χ1) is 12.8. The average molecular weight is 414 g/mol. The Labute approximate surface area is 162 Å². The Balaban J connectivity index is 2.39. The largest absolute Gasteiger partial charge is 0.416 e. The molecule has 1 atom stereocenters. The summed E-state index contributed by atoms with van der Waals surface area (Å²) in [5.74, 6) is -0.658. The summed E-state index contributed by atoms with van der Waals surface area (Å²) in [6.45, 7) is 4.99. The quantitative estimate of drug-likeness (QED) is 0.801. The zero-order valence-corrected chi connectivity index (χ0v) is 16.6. The zero-order valence-electron chi connectivity index (χ0n) is 15.8. The van der Waals surface area contributed by atoms with E-state index in [1.54, 1.807) is 19.1 Å². The van der Waals surface area contributed by atoms with Gasteiger partial charge in [0.2, 0.25) is 15.9 Å². The molecule has 0 heterocycles. The minimum Gasteiger partial charge on any atom is -0.324 e. The van der Waals surface area contributed by atoms with Crippen LogP contribution in [-0.2, 0) is 21.0 Å². The fourth-order valence-electron chi connectivity index (χ4n) is 2.82. The average Bonchev–Trinajstić information content (AvgIpc) is 2.55. The Morgan fingerprint density at radius 3 is 2.29 bits per heavy atom. The molecule has 0 aliphatic rings. The number of carbonyl (C=O) groups is 1. The molecule has 2 aromatic rings. The molecule has 0 radical (unpaired) electrons. The van der Waals surface area contributed by atoms with Gasteiger partial charge in [0.15, 0.2) is 0 Å². The van der Waals surface area contributed by atoms with E-state index in [9.17, 15) is 26.4 Å². The highest BCUT2D eigenvalue weighted by Gasteiger charge is 2.34. The monoisotopic (exact) mass is 414 g/mol. The van der Waals surface area contributed by atoms with E-state index in [0.29, 0.717) is 16.1 Å². The lowest BCUT2D eigenvalue weighted by Crippen LogP contribution is -2.45.